The lowest BCUT2D eigenvalue weighted by Crippen LogP contribution is -2.32. The quantitative estimate of drug-likeness (QED) is 0.560. The third-order valence-corrected chi connectivity index (χ3v) is 3.99. The maximum atomic E-state index is 12.0. The lowest BCUT2D eigenvalue weighted by molar-refractivity contribution is -0.132. The highest BCUT2D eigenvalue weighted by atomic mass is 16.2. The van der Waals surface area contributed by atoms with Gasteiger partial charge in [0.1, 0.15) is 0 Å². The van der Waals surface area contributed by atoms with Gasteiger partial charge in [0.25, 0.3) is 0 Å². The van der Waals surface area contributed by atoms with E-state index in [1.54, 1.807) is 0 Å². The van der Waals surface area contributed by atoms with Crippen molar-refractivity contribution >= 4 is 5.91 Å². The molecule has 0 aromatic carbocycles. The van der Waals surface area contributed by atoms with E-state index in [1.807, 2.05) is 4.90 Å². The molecular formula is C15H29NO. The first-order chi connectivity index (χ1) is 8.24. The number of carbonyl (C=O) groups excluding carboxylic acids is 1. The normalized spacial score (nSPS) is 22.5. The molecule has 1 amide bonds. The van der Waals surface area contributed by atoms with Crippen molar-refractivity contribution in [1.29, 1.82) is 0 Å². The first-order valence-electron chi connectivity index (χ1n) is 7.53. The van der Waals surface area contributed by atoms with Crippen molar-refractivity contribution < 1.29 is 4.79 Å². The van der Waals surface area contributed by atoms with Gasteiger partial charge in [-0.15, -0.1) is 0 Å². The van der Waals surface area contributed by atoms with Gasteiger partial charge in [0.05, 0.1) is 0 Å². The molecule has 0 radical (unpaired) electrons. The van der Waals surface area contributed by atoms with Crippen LogP contribution < -0.4 is 0 Å². The predicted molar refractivity (Wildman–Crippen MR) is 72.9 cm³/mol. The largest absolute Gasteiger partial charge is 0.343 e. The van der Waals surface area contributed by atoms with Gasteiger partial charge in [-0.3, -0.25) is 4.79 Å². The van der Waals surface area contributed by atoms with Crippen LogP contribution in [0.1, 0.15) is 65.7 Å². The van der Waals surface area contributed by atoms with Crippen LogP contribution in [0.5, 0.6) is 0 Å². The molecule has 0 aromatic rings. The van der Waals surface area contributed by atoms with Crippen molar-refractivity contribution in [2.75, 3.05) is 13.1 Å². The maximum absolute atomic E-state index is 12.0. The standard InChI is InChI=1S/C15H29NO/c1-4-7-8-9-10-11-13-12-14(13)15(17)16(5-2)6-3/h13-14H,4-12H2,1-3H3/t13-,14-/m0/s1. The molecule has 2 atom stereocenters. The number of amides is 1. The molecule has 0 unspecified atom stereocenters. The molecule has 1 aliphatic carbocycles. The summed E-state index contributed by atoms with van der Waals surface area (Å²) in [5.41, 5.74) is 0. The van der Waals surface area contributed by atoms with Crippen LogP contribution in [0.3, 0.4) is 0 Å². The lowest BCUT2D eigenvalue weighted by Gasteiger charge is -2.18. The number of unbranched alkanes of at least 4 members (excludes halogenated alkanes) is 4. The average Bonchev–Trinajstić information content (AvgIpc) is 3.10. The Morgan fingerprint density at radius 3 is 2.29 bits per heavy atom. The van der Waals surface area contributed by atoms with Crippen molar-refractivity contribution in [3.05, 3.63) is 0 Å². The molecule has 2 heteroatoms. The fourth-order valence-corrected chi connectivity index (χ4v) is 2.65. The number of hydrogen-bond acceptors (Lipinski definition) is 1. The van der Waals surface area contributed by atoms with E-state index in [0.29, 0.717) is 17.7 Å². The molecule has 17 heavy (non-hydrogen) atoms. The highest BCUT2D eigenvalue weighted by molar-refractivity contribution is 5.81. The molecule has 1 saturated carbocycles. The van der Waals surface area contributed by atoms with Crippen LogP contribution in [0.25, 0.3) is 0 Å². The molecule has 0 bridgehead atoms. The van der Waals surface area contributed by atoms with Crippen LogP contribution in [0, 0.1) is 11.8 Å². The summed E-state index contributed by atoms with van der Waals surface area (Å²) >= 11 is 0. The minimum Gasteiger partial charge on any atom is -0.343 e. The Labute approximate surface area is 107 Å². The Kier molecular flexibility index (Phi) is 6.61. The SMILES string of the molecule is CCCCCCC[C@H]1C[C@@H]1C(=O)N(CC)CC. The fraction of sp³-hybridized carbons (Fsp3) is 0.933. The molecular weight excluding hydrogens is 210 g/mol. The third-order valence-electron chi connectivity index (χ3n) is 3.99. The maximum Gasteiger partial charge on any atom is 0.225 e. The van der Waals surface area contributed by atoms with E-state index in [1.165, 1.54) is 38.5 Å². The predicted octanol–water partition coefficient (Wildman–Crippen LogP) is 3.85. The Bertz CT molecular complexity index is 223. The van der Waals surface area contributed by atoms with E-state index in [4.69, 9.17) is 0 Å². The monoisotopic (exact) mass is 239 g/mol. The molecule has 0 N–H and O–H groups in total. The van der Waals surface area contributed by atoms with E-state index in [9.17, 15) is 4.79 Å². The summed E-state index contributed by atoms with van der Waals surface area (Å²) in [6, 6.07) is 0. The first kappa shape index (κ1) is 14.5. The van der Waals surface area contributed by atoms with Gasteiger partial charge in [-0.2, -0.15) is 0 Å². The summed E-state index contributed by atoms with van der Waals surface area (Å²) < 4.78 is 0. The van der Waals surface area contributed by atoms with E-state index < -0.39 is 0 Å². The van der Waals surface area contributed by atoms with Gasteiger partial charge in [0.15, 0.2) is 0 Å². The van der Waals surface area contributed by atoms with Crippen molar-refractivity contribution in [2.45, 2.75) is 65.7 Å². The summed E-state index contributed by atoms with van der Waals surface area (Å²) in [5.74, 6) is 1.50. The smallest absolute Gasteiger partial charge is 0.225 e. The third kappa shape index (κ3) is 4.69. The van der Waals surface area contributed by atoms with Crippen molar-refractivity contribution in [1.82, 2.24) is 4.90 Å². The Morgan fingerprint density at radius 2 is 1.71 bits per heavy atom. The fourth-order valence-electron chi connectivity index (χ4n) is 2.65. The van der Waals surface area contributed by atoms with Crippen molar-refractivity contribution in [3.8, 4) is 0 Å². The van der Waals surface area contributed by atoms with E-state index in [2.05, 4.69) is 20.8 Å². The van der Waals surface area contributed by atoms with Crippen LogP contribution in [0.15, 0.2) is 0 Å². The van der Waals surface area contributed by atoms with Gasteiger partial charge in [0, 0.05) is 19.0 Å². The van der Waals surface area contributed by atoms with Crippen LogP contribution >= 0.6 is 0 Å². The zero-order valence-corrected chi connectivity index (χ0v) is 11.9. The highest BCUT2D eigenvalue weighted by Gasteiger charge is 2.43. The Hall–Kier alpha value is -0.530. The molecule has 0 aliphatic heterocycles. The number of hydrogen-bond donors (Lipinski definition) is 0. The molecule has 0 spiro atoms. The van der Waals surface area contributed by atoms with E-state index >= 15 is 0 Å². The van der Waals surface area contributed by atoms with Crippen LogP contribution in [-0.4, -0.2) is 23.9 Å². The molecule has 100 valence electrons. The van der Waals surface area contributed by atoms with Crippen molar-refractivity contribution in [2.24, 2.45) is 11.8 Å². The average molecular weight is 239 g/mol. The molecule has 0 saturated heterocycles. The minimum absolute atomic E-state index is 0.376. The van der Waals surface area contributed by atoms with Gasteiger partial charge in [-0.05, 0) is 32.6 Å². The Balaban J connectivity index is 2.09. The number of rotatable bonds is 9. The molecule has 2 nitrogen and oxygen atoms in total. The zero-order valence-electron chi connectivity index (χ0n) is 11.9. The van der Waals surface area contributed by atoms with Crippen molar-refractivity contribution in [3.63, 3.8) is 0 Å². The van der Waals surface area contributed by atoms with Crippen LogP contribution in [-0.2, 0) is 4.79 Å². The second-order valence-electron chi connectivity index (χ2n) is 5.32. The Morgan fingerprint density at radius 1 is 1.06 bits per heavy atom. The van der Waals surface area contributed by atoms with E-state index in [0.717, 1.165) is 19.5 Å². The van der Waals surface area contributed by atoms with Crippen LogP contribution in [0.4, 0.5) is 0 Å². The second-order valence-corrected chi connectivity index (χ2v) is 5.32. The number of nitrogens with zero attached hydrogens (tertiary/aromatic N) is 1. The summed E-state index contributed by atoms with van der Waals surface area (Å²) in [7, 11) is 0. The summed E-state index contributed by atoms with van der Waals surface area (Å²) in [4.78, 5) is 14.0. The summed E-state index contributed by atoms with van der Waals surface area (Å²) in [6.07, 6.45) is 9.17. The van der Waals surface area contributed by atoms with E-state index in [-0.39, 0.29) is 0 Å². The second kappa shape index (κ2) is 7.73. The highest BCUT2D eigenvalue weighted by Crippen LogP contribution is 2.43. The van der Waals surface area contributed by atoms with Gasteiger partial charge in [-0.25, -0.2) is 0 Å². The molecule has 0 aromatic heterocycles. The molecule has 0 heterocycles. The molecule has 1 rings (SSSR count). The van der Waals surface area contributed by atoms with Gasteiger partial charge < -0.3 is 4.90 Å². The summed E-state index contributed by atoms with van der Waals surface area (Å²) in [6.45, 7) is 8.14. The van der Waals surface area contributed by atoms with Gasteiger partial charge in [0.2, 0.25) is 5.91 Å². The van der Waals surface area contributed by atoms with Crippen LogP contribution in [0.2, 0.25) is 0 Å². The minimum atomic E-state index is 0.376. The number of carbonyl (C=O) groups is 1. The first-order valence-corrected chi connectivity index (χ1v) is 7.53. The molecule has 1 aliphatic rings. The summed E-state index contributed by atoms with van der Waals surface area (Å²) in [5, 5.41) is 0. The zero-order chi connectivity index (χ0) is 12.7. The lowest BCUT2D eigenvalue weighted by atomic mass is 10.1. The van der Waals surface area contributed by atoms with Gasteiger partial charge >= 0.3 is 0 Å². The molecule has 1 fully saturated rings. The topological polar surface area (TPSA) is 20.3 Å². The van der Waals surface area contributed by atoms with Gasteiger partial charge in [-0.1, -0.05) is 39.0 Å².